The van der Waals surface area contributed by atoms with Crippen molar-refractivity contribution in [3.63, 3.8) is 0 Å². The van der Waals surface area contributed by atoms with Gasteiger partial charge >= 0.3 is 0 Å². The fraction of sp³-hybridized carbons (Fsp3) is 0.421. The Morgan fingerprint density at radius 3 is 2.46 bits per heavy atom. The van der Waals surface area contributed by atoms with E-state index >= 15 is 0 Å². The van der Waals surface area contributed by atoms with Crippen LogP contribution in [0.5, 0.6) is 5.75 Å². The maximum absolute atomic E-state index is 12.2. The second-order valence-corrected chi connectivity index (χ2v) is 6.60. The smallest absolute Gasteiger partial charge is 0.225 e. The number of benzene rings is 1. The maximum atomic E-state index is 12.2. The van der Waals surface area contributed by atoms with Crippen LogP contribution in [0.25, 0.3) is 0 Å². The summed E-state index contributed by atoms with van der Waals surface area (Å²) in [5.41, 5.74) is 1.19. The van der Waals surface area contributed by atoms with Crippen LogP contribution in [0, 0.1) is 0 Å². The van der Waals surface area contributed by atoms with Gasteiger partial charge in [0.1, 0.15) is 5.75 Å². The van der Waals surface area contributed by atoms with E-state index in [1.54, 1.807) is 18.4 Å². The minimum absolute atomic E-state index is 0.0723. The summed E-state index contributed by atoms with van der Waals surface area (Å²) >= 11 is 1.62. The van der Waals surface area contributed by atoms with Crippen molar-refractivity contribution in [2.45, 2.75) is 26.3 Å². The Balaban J connectivity index is 2.03. The van der Waals surface area contributed by atoms with Crippen molar-refractivity contribution in [2.24, 2.45) is 0 Å². The van der Waals surface area contributed by atoms with Gasteiger partial charge in [0.15, 0.2) is 0 Å². The monoisotopic (exact) mass is 346 g/mol. The topological polar surface area (TPSA) is 41.6 Å². The second kappa shape index (κ2) is 9.45. The van der Waals surface area contributed by atoms with E-state index in [1.807, 2.05) is 29.6 Å². The molecule has 1 aromatic heterocycles. The molecule has 130 valence electrons. The molecule has 0 spiro atoms. The number of nitrogens with zero attached hydrogens (tertiary/aromatic N) is 1. The number of amides is 1. The van der Waals surface area contributed by atoms with Crippen LogP contribution in [0.15, 0.2) is 41.8 Å². The Bertz CT molecular complexity index is 607. The fourth-order valence-corrected chi connectivity index (χ4v) is 3.50. The number of nitrogens with one attached hydrogen (secondary N) is 1. The molecule has 1 unspecified atom stereocenters. The number of likely N-dealkylation sites (N-methyl/N-ethyl adjacent to an activating group) is 1. The summed E-state index contributed by atoms with van der Waals surface area (Å²) in [6.07, 6.45) is 0.450. The molecule has 0 aliphatic rings. The Kier molecular flexibility index (Phi) is 7.28. The van der Waals surface area contributed by atoms with Gasteiger partial charge in [-0.2, -0.15) is 0 Å². The number of carbonyl (C=O) groups is 1. The first kappa shape index (κ1) is 18.5. The summed E-state index contributed by atoms with van der Waals surface area (Å²) < 4.78 is 5.24. The van der Waals surface area contributed by atoms with E-state index in [2.05, 4.69) is 36.2 Å². The Morgan fingerprint density at radius 2 is 1.92 bits per heavy atom. The number of carbonyl (C=O) groups excluding carboxylic acids is 1. The summed E-state index contributed by atoms with van der Waals surface area (Å²) in [6.45, 7) is 6.78. The van der Waals surface area contributed by atoms with Gasteiger partial charge < -0.3 is 10.1 Å². The van der Waals surface area contributed by atoms with E-state index < -0.39 is 0 Å². The predicted octanol–water partition coefficient (Wildman–Crippen LogP) is 3.50. The molecule has 0 fully saturated rings. The molecule has 5 heteroatoms. The Morgan fingerprint density at radius 1 is 1.21 bits per heavy atom. The number of thiophene rings is 1. The third-order valence-electron chi connectivity index (χ3n) is 4.16. The number of rotatable bonds is 9. The van der Waals surface area contributed by atoms with E-state index in [0.717, 1.165) is 23.7 Å². The number of hydrogen-bond donors (Lipinski definition) is 1. The van der Waals surface area contributed by atoms with Gasteiger partial charge in [-0.15, -0.1) is 11.3 Å². The van der Waals surface area contributed by atoms with E-state index in [4.69, 9.17) is 4.74 Å². The lowest BCUT2D eigenvalue weighted by Crippen LogP contribution is -2.38. The average Bonchev–Trinajstić information content (AvgIpc) is 3.11. The van der Waals surface area contributed by atoms with E-state index in [1.165, 1.54) is 5.56 Å². The van der Waals surface area contributed by atoms with Gasteiger partial charge in [0.2, 0.25) is 5.91 Å². The minimum atomic E-state index is 0.0723. The van der Waals surface area contributed by atoms with Crippen LogP contribution in [0.3, 0.4) is 0 Å². The van der Waals surface area contributed by atoms with Crippen LogP contribution in [0.4, 0.5) is 0 Å². The SMILES string of the molecule is CCN(CC)C(CNC(=O)Cc1cccs1)c1ccc(OC)cc1. The molecule has 0 bridgehead atoms. The van der Waals surface area contributed by atoms with Crippen molar-refractivity contribution in [3.8, 4) is 5.75 Å². The first-order valence-corrected chi connectivity index (χ1v) is 9.23. The lowest BCUT2D eigenvalue weighted by Gasteiger charge is -2.30. The molecular formula is C19H26N2O2S. The number of methoxy groups -OCH3 is 1. The molecule has 2 rings (SSSR count). The van der Waals surface area contributed by atoms with Gasteiger partial charge in [0.25, 0.3) is 0 Å². The summed E-state index contributed by atoms with van der Waals surface area (Å²) in [7, 11) is 1.67. The molecule has 0 saturated heterocycles. The normalized spacial score (nSPS) is 12.2. The molecule has 1 amide bonds. The molecule has 0 saturated carbocycles. The molecule has 0 radical (unpaired) electrons. The zero-order valence-electron chi connectivity index (χ0n) is 14.6. The largest absolute Gasteiger partial charge is 0.497 e. The van der Waals surface area contributed by atoms with Gasteiger partial charge in [-0.25, -0.2) is 0 Å². The maximum Gasteiger partial charge on any atom is 0.225 e. The quantitative estimate of drug-likeness (QED) is 0.755. The van der Waals surface area contributed by atoms with Crippen LogP contribution < -0.4 is 10.1 Å². The third kappa shape index (κ3) is 5.08. The predicted molar refractivity (Wildman–Crippen MR) is 99.7 cm³/mol. The standard InChI is InChI=1S/C19H26N2O2S/c1-4-21(5-2)18(15-8-10-16(23-3)11-9-15)14-20-19(22)13-17-7-6-12-24-17/h6-12,18H,4-5,13-14H2,1-3H3,(H,20,22). The van der Waals surface area contributed by atoms with Crippen molar-refractivity contribution in [1.29, 1.82) is 0 Å². The van der Waals surface area contributed by atoms with E-state index in [-0.39, 0.29) is 11.9 Å². The highest BCUT2D eigenvalue weighted by molar-refractivity contribution is 7.10. The van der Waals surface area contributed by atoms with Gasteiger partial charge in [0.05, 0.1) is 19.6 Å². The molecule has 1 aromatic carbocycles. The van der Waals surface area contributed by atoms with Crippen LogP contribution in [0.2, 0.25) is 0 Å². The van der Waals surface area contributed by atoms with Crippen LogP contribution >= 0.6 is 11.3 Å². The highest BCUT2D eigenvalue weighted by Crippen LogP contribution is 2.22. The third-order valence-corrected chi connectivity index (χ3v) is 5.04. The summed E-state index contributed by atoms with van der Waals surface area (Å²) in [5.74, 6) is 0.918. The first-order chi connectivity index (χ1) is 11.7. The molecule has 1 heterocycles. The Labute approximate surface area is 148 Å². The van der Waals surface area contributed by atoms with Crippen LogP contribution in [0.1, 0.15) is 30.3 Å². The summed E-state index contributed by atoms with van der Waals surface area (Å²) in [5, 5.41) is 5.09. The average molecular weight is 346 g/mol. The fourth-order valence-electron chi connectivity index (χ4n) is 2.79. The van der Waals surface area contributed by atoms with Gasteiger partial charge in [0, 0.05) is 11.4 Å². The highest BCUT2D eigenvalue weighted by Gasteiger charge is 2.19. The zero-order valence-corrected chi connectivity index (χ0v) is 15.4. The van der Waals surface area contributed by atoms with E-state index in [0.29, 0.717) is 13.0 Å². The molecule has 0 aliphatic heterocycles. The first-order valence-electron chi connectivity index (χ1n) is 8.35. The Hall–Kier alpha value is -1.85. The lowest BCUT2D eigenvalue weighted by molar-refractivity contribution is -0.120. The van der Waals surface area contributed by atoms with Gasteiger partial charge in [-0.1, -0.05) is 32.0 Å². The van der Waals surface area contributed by atoms with Crippen molar-refractivity contribution in [2.75, 3.05) is 26.7 Å². The molecule has 4 nitrogen and oxygen atoms in total. The number of ether oxygens (including phenoxy) is 1. The highest BCUT2D eigenvalue weighted by atomic mass is 32.1. The molecular weight excluding hydrogens is 320 g/mol. The van der Waals surface area contributed by atoms with Crippen molar-refractivity contribution < 1.29 is 9.53 Å². The molecule has 1 atom stereocenters. The summed E-state index contributed by atoms with van der Waals surface area (Å²) in [4.78, 5) is 15.7. The van der Waals surface area contributed by atoms with Gasteiger partial charge in [-0.05, 0) is 42.2 Å². The van der Waals surface area contributed by atoms with E-state index in [9.17, 15) is 4.79 Å². The van der Waals surface area contributed by atoms with Crippen LogP contribution in [-0.2, 0) is 11.2 Å². The second-order valence-electron chi connectivity index (χ2n) is 5.57. The van der Waals surface area contributed by atoms with Gasteiger partial charge in [-0.3, -0.25) is 9.69 Å². The number of hydrogen-bond acceptors (Lipinski definition) is 4. The molecule has 1 N–H and O–H groups in total. The minimum Gasteiger partial charge on any atom is -0.497 e. The molecule has 24 heavy (non-hydrogen) atoms. The van der Waals surface area contributed by atoms with Crippen molar-refractivity contribution in [1.82, 2.24) is 10.2 Å². The zero-order chi connectivity index (χ0) is 17.4. The molecule has 2 aromatic rings. The lowest BCUT2D eigenvalue weighted by atomic mass is 10.0. The van der Waals surface area contributed by atoms with Crippen molar-refractivity contribution >= 4 is 17.2 Å². The summed E-state index contributed by atoms with van der Waals surface area (Å²) in [6, 6.07) is 12.2. The van der Waals surface area contributed by atoms with Crippen LogP contribution in [-0.4, -0.2) is 37.6 Å². The molecule has 0 aliphatic carbocycles. The van der Waals surface area contributed by atoms with Crippen molar-refractivity contribution in [3.05, 3.63) is 52.2 Å².